The van der Waals surface area contributed by atoms with Gasteiger partial charge in [-0.2, -0.15) is 0 Å². The van der Waals surface area contributed by atoms with Gasteiger partial charge in [0.2, 0.25) is 0 Å². The molecule has 0 spiro atoms. The van der Waals surface area contributed by atoms with Crippen LogP contribution in [0.1, 0.15) is 26.2 Å². The van der Waals surface area contributed by atoms with E-state index in [9.17, 15) is 22.4 Å². The molecule has 1 rings (SSSR count). The van der Waals surface area contributed by atoms with Crippen LogP contribution in [0, 0.1) is 23.3 Å². The molecule has 17 heavy (non-hydrogen) atoms. The van der Waals surface area contributed by atoms with Gasteiger partial charge < -0.3 is 5.11 Å². The molecule has 6 heteroatoms. The average molecular weight is 252 g/mol. The minimum Gasteiger partial charge on any atom is -0.481 e. The molecule has 0 heterocycles. The second-order valence-electron chi connectivity index (χ2n) is 3.15. The van der Waals surface area contributed by atoms with E-state index in [1.54, 1.807) is 0 Å². The van der Waals surface area contributed by atoms with Crippen molar-refractivity contribution in [2.45, 2.75) is 26.2 Å². The van der Waals surface area contributed by atoms with E-state index in [1.165, 1.54) is 0 Å². The Morgan fingerprint density at radius 1 is 1.12 bits per heavy atom. The maximum Gasteiger partial charge on any atom is 0.303 e. The number of carboxylic acid groups (broad SMARTS) is 1. The first-order valence-electron chi connectivity index (χ1n) is 4.91. The fourth-order valence-corrected chi connectivity index (χ4v) is 0.830. The molecule has 0 aromatic heterocycles. The van der Waals surface area contributed by atoms with Crippen LogP contribution in [0.5, 0.6) is 0 Å². The highest BCUT2D eigenvalue weighted by Gasteiger charge is 2.11. The number of carbonyl (C=O) groups is 1. The molecule has 0 aliphatic carbocycles. The first-order valence-corrected chi connectivity index (χ1v) is 4.91. The summed E-state index contributed by atoms with van der Waals surface area (Å²) in [6.07, 6.45) is 2.08. The van der Waals surface area contributed by atoms with Crippen LogP contribution in [-0.4, -0.2) is 11.1 Å². The summed E-state index contributed by atoms with van der Waals surface area (Å²) in [5, 5.41) is 8.04. The number of halogens is 4. The Balaban J connectivity index is 0.000000325. The topological polar surface area (TPSA) is 37.3 Å². The summed E-state index contributed by atoms with van der Waals surface area (Å²) < 4.78 is 48.0. The molecule has 96 valence electrons. The van der Waals surface area contributed by atoms with Crippen LogP contribution in [0.3, 0.4) is 0 Å². The third-order valence-corrected chi connectivity index (χ3v) is 1.73. The quantitative estimate of drug-likeness (QED) is 0.508. The predicted octanol–water partition coefficient (Wildman–Crippen LogP) is 3.50. The second kappa shape index (κ2) is 7.65. The highest BCUT2D eigenvalue weighted by Crippen LogP contribution is 2.12. The molecule has 0 fully saturated rings. The third-order valence-electron chi connectivity index (χ3n) is 1.73. The molecule has 0 amide bonds. The van der Waals surface area contributed by atoms with E-state index < -0.39 is 29.2 Å². The zero-order valence-corrected chi connectivity index (χ0v) is 9.14. The summed E-state index contributed by atoms with van der Waals surface area (Å²) in [6, 6.07) is 1.04. The lowest BCUT2D eigenvalue weighted by Crippen LogP contribution is -1.93. The Morgan fingerprint density at radius 3 is 1.76 bits per heavy atom. The standard InChI is InChI=1S/C6H2F4.C5H10O2/c7-3-1-2-4(8)6(10)5(3)9;1-2-3-4-5(6)7/h1-2H;2-4H2,1H3,(H,6,7). The van der Waals surface area contributed by atoms with Crippen molar-refractivity contribution in [1.29, 1.82) is 0 Å². The van der Waals surface area contributed by atoms with E-state index in [1.807, 2.05) is 6.92 Å². The van der Waals surface area contributed by atoms with Gasteiger partial charge in [0.25, 0.3) is 0 Å². The molecular formula is C11H12F4O2. The largest absolute Gasteiger partial charge is 0.481 e. The Labute approximate surface area is 95.9 Å². The van der Waals surface area contributed by atoms with Crippen LogP contribution in [0.25, 0.3) is 0 Å². The zero-order valence-electron chi connectivity index (χ0n) is 9.14. The van der Waals surface area contributed by atoms with E-state index in [4.69, 9.17) is 5.11 Å². The van der Waals surface area contributed by atoms with Crippen LogP contribution < -0.4 is 0 Å². The van der Waals surface area contributed by atoms with Crippen LogP contribution in [0.4, 0.5) is 17.6 Å². The van der Waals surface area contributed by atoms with E-state index in [0.717, 1.165) is 12.8 Å². The molecular weight excluding hydrogens is 240 g/mol. The number of rotatable bonds is 3. The molecule has 0 aliphatic heterocycles. The van der Waals surface area contributed by atoms with E-state index >= 15 is 0 Å². The number of hydrogen-bond acceptors (Lipinski definition) is 1. The molecule has 0 bridgehead atoms. The normalized spacial score (nSPS) is 9.47. The molecule has 0 aliphatic rings. The van der Waals surface area contributed by atoms with Crippen molar-refractivity contribution < 1.29 is 27.5 Å². The van der Waals surface area contributed by atoms with Gasteiger partial charge in [0.15, 0.2) is 23.3 Å². The Morgan fingerprint density at radius 2 is 1.53 bits per heavy atom. The number of carboxylic acids is 1. The predicted molar refractivity (Wildman–Crippen MR) is 53.4 cm³/mol. The van der Waals surface area contributed by atoms with Gasteiger partial charge in [0.1, 0.15) is 0 Å². The molecule has 1 N–H and O–H groups in total. The highest BCUT2D eigenvalue weighted by molar-refractivity contribution is 5.66. The molecule has 0 radical (unpaired) electrons. The van der Waals surface area contributed by atoms with Crippen LogP contribution in [-0.2, 0) is 4.79 Å². The van der Waals surface area contributed by atoms with Gasteiger partial charge >= 0.3 is 5.97 Å². The highest BCUT2D eigenvalue weighted by atomic mass is 19.2. The van der Waals surface area contributed by atoms with E-state index in [-0.39, 0.29) is 0 Å². The van der Waals surface area contributed by atoms with Crippen molar-refractivity contribution in [3.05, 3.63) is 35.4 Å². The lowest BCUT2D eigenvalue weighted by molar-refractivity contribution is -0.137. The Kier molecular flexibility index (Phi) is 6.93. The Bertz CT molecular complexity index is 353. The fourth-order valence-electron chi connectivity index (χ4n) is 0.830. The van der Waals surface area contributed by atoms with Crippen LogP contribution in [0.2, 0.25) is 0 Å². The van der Waals surface area contributed by atoms with Crippen molar-refractivity contribution in [1.82, 2.24) is 0 Å². The summed E-state index contributed by atoms with van der Waals surface area (Å²) >= 11 is 0. The number of aliphatic carboxylic acids is 1. The van der Waals surface area contributed by atoms with Crippen molar-refractivity contribution in [3.8, 4) is 0 Å². The molecule has 0 atom stereocenters. The minimum atomic E-state index is -1.78. The van der Waals surface area contributed by atoms with Crippen molar-refractivity contribution in [2.24, 2.45) is 0 Å². The fraction of sp³-hybridized carbons (Fsp3) is 0.364. The number of unbranched alkanes of at least 4 members (excludes halogenated alkanes) is 1. The zero-order chi connectivity index (χ0) is 13.4. The van der Waals surface area contributed by atoms with Gasteiger partial charge in [-0.3, -0.25) is 4.79 Å². The molecule has 2 nitrogen and oxygen atoms in total. The van der Waals surface area contributed by atoms with Crippen LogP contribution >= 0.6 is 0 Å². The number of benzene rings is 1. The maximum atomic E-state index is 12.0. The van der Waals surface area contributed by atoms with Crippen molar-refractivity contribution >= 4 is 5.97 Å². The van der Waals surface area contributed by atoms with Gasteiger partial charge in [-0.05, 0) is 18.6 Å². The third kappa shape index (κ3) is 5.89. The monoisotopic (exact) mass is 252 g/mol. The van der Waals surface area contributed by atoms with Gasteiger partial charge in [-0.25, -0.2) is 17.6 Å². The van der Waals surface area contributed by atoms with Gasteiger partial charge in [-0.1, -0.05) is 13.3 Å². The van der Waals surface area contributed by atoms with Gasteiger partial charge in [0.05, 0.1) is 0 Å². The lowest BCUT2D eigenvalue weighted by atomic mass is 10.3. The minimum absolute atomic E-state index is 0.316. The molecule has 1 aromatic carbocycles. The molecule has 0 unspecified atom stereocenters. The maximum absolute atomic E-state index is 12.0. The van der Waals surface area contributed by atoms with Crippen molar-refractivity contribution in [2.75, 3.05) is 0 Å². The molecule has 0 saturated carbocycles. The Hall–Kier alpha value is -1.59. The van der Waals surface area contributed by atoms with Gasteiger partial charge in [0, 0.05) is 6.42 Å². The van der Waals surface area contributed by atoms with E-state index in [0.29, 0.717) is 18.6 Å². The summed E-state index contributed by atoms with van der Waals surface area (Å²) in [4.78, 5) is 9.76. The summed E-state index contributed by atoms with van der Waals surface area (Å²) in [6.45, 7) is 1.98. The van der Waals surface area contributed by atoms with Gasteiger partial charge in [-0.15, -0.1) is 0 Å². The molecule has 1 aromatic rings. The van der Waals surface area contributed by atoms with Crippen molar-refractivity contribution in [3.63, 3.8) is 0 Å². The number of hydrogen-bond donors (Lipinski definition) is 1. The molecule has 0 saturated heterocycles. The smallest absolute Gasteiger partial charge is 0.303 e. The lowest BCUT2D eigenvalue weighted by Gasteiger charge is -1.93. The first-order chi connectivity index (χ1) is 7.90. The SMILES string of the molecule is CCCCC(=O)O.Fc1ccc(F)c(F)c1F. The summed E-state index contributed by atoms with van der Waals surface area (Å²) in [5.41, 5.74) is 0. The average Bonchev–Trinajstić information content (AvgIpc) is 2.29. The summed E-state index contributed by atoms with van der Waals surface area (Å²) in [5.74, 6) is -7.03. The first kappa shape index (κ1) is 15.4. The van der Waals surface area contributed by atoms with E-state index in [2.05, 4.69) is 0 Å². The second-order valence-corrected chi connectivity index (χ2v) is 3.15. The van der Waals surface area contributed by atoms with Crippen LogP contribution in [0.15, 0.2) is 12.1 Å². The summed E-state index contributed by atoms with van der Waals surface area (Å²) in [7, 11) is 0.